The van der Waals surface area contributed by atoms with Gasteiger partial charge in [0.25, 0.3) is 11.8 Å². The van der Waals surface area contributed by atoms with Gasteiger partial charge < -0.3 is 4.42 Å². The van der Waals surface area contributed by atoms with Crippen LogP contribution in [0.4, 0.5) is 10.5 Å². The molecule has 0 bridgehead atoms. The van der Waals surface area contributed by atoms with Crippen LogP contribution in [0, 0.1) is 25.2 Å². The van der Waals surface area contributed by atoms with E-state index in [1.807, 2.05) is 19.9 Å². The molecule has 1 aromatic heterocycles. The number of nitrogens with zero attached hydrogens (tertiary/aromatic N) is 2. The van der Waals surface area contributed by atoms with E-state index in [0.29, 0.717) is 17.0 Å². The Bertz CT molecular complexity index is 1290. The van der Waals surface area contributed by atoms with Gasteiger partial charge in [-0.25, -0.2) is 9.69 Å². The molecular formula is C24H17N3O4. The maximum atomic E-state index is 13.0. The summed E-state index contributed by atoms with van der Waals surface area (Å²) < 4.78 is 5.75. The molecule has 2 heterocycles. The fraction of sp³-hybridized carbons (Fsp3) is 0.0833. The molecule has 1 aliphatic rings. The molecule has 4 rings (SSSR count). The highest BCUT2D eigenvalue weighted by Gasteiger charge is 2.37. The summed E-state index contributed by atoms with van der Waals surface area (Å²) in [5.41, 5.74) is 3.37. The largest absolute Gasteiger partial charge is 0.457 e. The number of hydrogen-bond acceptors (Lipinski definition) is 5. The molecule has 3 aromatic rings. The predicted molar refractivity (Wildman–Crippen MR) is 114 cm³/mol. The second kappa shape index (κ2) is 7.76. The van der Waals surface area contributed by atoms with E-state index in [1.165, 1.54) is 6.08 Å². The number of benzene rings is 2. The van der Waals surface area contributed by atoms with Crippen molar-refractivity contribution in [3.05, 3.63) is 82.6 Å². The first-order chi connectivity index (χ1) is 14.9. The van der Waals surface area contributed by atoms with Crippen molar-refractivity contribution < 1.29 is 18.8 Å². The highest BCUT2D eigenvalue weighted by atomic mass is 16.3. The molecule has 0 spiro atoms. The van der Waals surface area contributed by atoms with E-state index < -0.39 is 17.8 Å². The van der Waals surface area contributed by atoms with Gasteiger partial charge in [0.05, 0.1) is 17.3 Å². The maximum absolute atomic E-state index is 13.0. The number of rotatable bonds is 3. The van der Waals surface area contributed by atoms with Gasteiger partial charge in [-0.3, -0.25) is 14.9 Å². The van der Waals surface area contributed by atoms with Crippen molar-refractivity contribution >= 4 is 29.6 Å². The van der Waals surface area contributed by atoms with Gasteiger partial charge in [0.2, 0.25) is 0 Å². The molecule has 0 saturated carbocycles. The van der Waals surface area contributed by atoms with Crippen LogP contribution in [-0.2, 0) is 9.59 Å². The molecule has 7 nitrogen and oxygen atoms in total. The number of nitriles is 1. The van der Waals surface area contributed by atoms with Crippen molar-refractivity contribution in [2.75, 3.05) is 4.90 Å². The first kappa shape index (κ1) is 19.9. The van der Waals surface area contributed by atoms with E-state index >= 15 is 0 Å². The van der Waals surface area contributed by atoms with E-state index in [4.69, 9.17) is 9.68 Å². The maximum Gasteiger partial charge on any atom is 0.335 e. The lowest BCUT2D eigenvalue weighted by Crippen LogP contribution is -2.54. The van der Waals surface area contributed by atoms with Crippen LogP contribution in [0.25, 0.3) is 17.4 Å². The Labute approximate surface area is 178 Å². The number of aryl methyl sites for hydroxylation is 2. The second-order valence-corrected chi connectivity index (χ2v) is 7.12. The van der Waals surface area contributed by atoms with Gasteiger partial charge in [-0.2, -0.15) is 5.26 Å². The number of imide groups is 2. The fourth-order valence-corrected chi connectivity index (χ4v) is 3.19. The molecule has 1 saturated heterocycles. The first-order valence-electron chi connectivity index (χ1n) is 9.46. The molecule has 31 heavy (non-hydrogen) atoms. The molecular weight excluding hydrogens is 394 g/mol. The zero-order chi connectivity index (χ0) is 22.1. The van der Waals surface area contributed by atoms with Crippen molar-refractivity contribution in [3.63, 3.8) is 0 Å². The summed E-state index contributed by atoms with van der Waals surface area (Å²) in [7, 11) is 0. The summed E-state index contributed by atoms with van der Waals surface area (Å²) in [5, 5.41) is 11.1. The molecule has 1 aliphatic heterocycles. The number of nitrogens with one attached hydrogen (secondary N) is 1. The Hall–Kier alpha value is -4.44. The van der Waals surface area contributed by atoms with E-state index in [-0.39, 0.29) is 11.3 Å². The van der Waals surface area contributed by atoms with Crippen LogP contribution < -0.4 is 10.2 Å². The number of furan rings is 1. The van der Waals surface area contributed by atoms with E-state index in [0.717, 1.165) is 21.6 Å². The van der Waals surface area contributed by atoms with Crippen molar-refractivity contribution in [1.29, 1.82) is 5.26 Å². The van der Waals surface area contributed by atoms with Crippen LogP contribution in [0.5, 0.6) is 0 Å². The quantitative estimate of drug-likeness (QED) is 0.516. The Balaban J connectivity index is 1.66. The number of hydrogen-bond donors (Lipinski definition) is 1. The minimum Gasteiger partial charge on any atom is -0.457 e. The molecule has 0 unspecified atom stereocenters. The monoisotopic (exact) mass is 411 g/mol. The molecule has 4 amide bonds. The van der Waals surface area contributed by atoms with Gasteiger partial charge in [-0.05, 0) is 79.6 Å². The molecule has 2 aromatic carbocycles. The van der Waals surface area contributed by atoms with E-state index in [9.17, 15) is 14.4 Å². The van der Waals surface area contributed by atoms with Gasteiger partial charge >= 0.3 is 6.03 Å². The van der Waals surface area contributed by atoms with E-state index in [2.05, 4.69) is 5.32 Å². The normalized spacial score (nSPS) is 15.2. The van der Waals surface area contributed by atoms with Crippen molar-refractivity contribution in [1.82, 2.24) is 5.32 Å². The van der Waals surface area contributed by atoms with Gasteiger partial charge in [0, 0.05) is 5.56 Å². The Morgan fingerprint density at radius 3 is 2.39 bits per heavy atom. The zero-order valence-electron chi connectivity index (χ0n) is 16.8. The lowest BCUT2D eigenvalue weighted by molar-refractivity contribution is -0.122. The number of carbonyl (C=O) groups excluding carboxylic acids is 3. The Kier molecular flexibility index (Phi) is 4.97. The van der Waals surface area contributed by atoms with Crippen molar-refractivity contribution in [2.24, 2.45) is 0 Å². The number of barbiturate groups is 1. The smallest absolute Gasteiger partial charge is 0.335 e. The average molecular weight is 411 g/mol. The van der Waals surface area contributed by atoms with Crippen LogP contribution >= 0.6 is 0 Å². The first-order valence-corrected chi connectivity index (χ1v) is 9.46. The number of anilines is 1. The lowest BCUT2D eigenvalue weighted by Gasteiger charge is -2.26. The second-order valence-electron chi connectivity index (χ2n) is 7.12. The van der Waals surface area contributed by atoms with Gasteiger partial charge in [-0.1, -0.05) is 6.07 Å². The zero-order valence-corrected chi connectivity index (χ0v) is 16.8. The minimum atomic E-state index is -0.798. The predicted octanol–water partition coefficient (Wildman–Crippen LogP) is 4.10. The summed E-state index contributed by atoms with van der Waals surface area (Å²) in [6.45, 7) is 3.80. The van der Waals surface area contributed by atoms with E-state index in [1.54, 1.807) is 54.6 Å². The Morgan fingerprint density at radius 1 is 0.968 bits per heavy atom. The average Bonchev–Trinajstić information content (AvgIpc) is 3.22. The van der Waals surface area contributed by atoms with Crippen molar-refractivity contribution in [3.8, 4) is 17.4 Å². The standard InChI is InChI=1S/C24H17N3O4/c1-14-3-8-18(11-15(14)2)27-23(29)20(22(28)26-24(27)30)12-19-9-10-21(31-19)17-6-4-16(13-25)5-7-17/h3-12H,1-2H3,(H,26,28,30)/b20-12+. The summed E-state index contributed by atoms with van der Waals surface area (Å²) in [6.07, 6.45) is 1.31. The number of carbonyl (C=O) groups is 3. The third-order valence-electron chi connectivity index (χ3n) is 5.06. The van der Waals surface area contributed by atoms with Crippen LogP contribution in [-0.4, -0.2) is 17.8 Å². The summed E-state index contributed by atoms with van der Waals surface area (Å²) in [6, 6.07) is 16.6. The molecule has 0 atom stereocenters. The number of amides is 4. The summed E-state index contributed by atoms with van der Waals surface area (Å²) >= 11 is 0. The van der Waals surface area contributed by atoms with Gasteiger partial charge in [0.15, 0.2) is 0 Å². The highest BCUT2D eigenvalue weighted by molar-refractivity contribution is 6.39. The summed E-state index contributed by atoms with van der Waals surface area (Å²) in [4.78, 5) is 38.6. The topological polar surface area (TPSA) is 103 Å². The van der Waals surface area contributed by atoms with Crippen LogP contribution in [0.15, 0.2) is 64.6 Å². The molecule has 0 radical (unpaired) electrons. The van der Waals surface area contributed by atoms with Crippen LogP contribution in [0.1, 0.15) is 22.5 Å². The molecule has 1 N–H and O–H groups in total. The summed E-state index contributed by atoms with van der Waals surface area (Å²) in [5.74, 6) is -0.714. The molecule has 0 aliphatic carbocycles. The molecule has 152 valence electrons. The molecule has 7 heteroatoms. The molecule has 1 fully saturated rings. The SMILES string of the molecule is Cc1ccc(N2C(=O)NC(=O)/C(=C\c3ccc(-c4ccc(C#N)cc4)o3)C2=O)cc1C. The fourth-order valence-electron chi connectivity index (χ4n) is 3.19. The third kappa shape index (κ3) is 3.74. The van der Waals surface area contributed by atoms with Crippen molar-refractivity contribution in [2.45, 2.75) is 13.8 Å². The van der Waals surface area contributed by atoms with Crippen LogP contribution in [0.2, 0.25) is 0 Å². The van der Waals surface area contributed by atoms with Gasteiger partial charge in [-0.15, -0.1) is 0 Å². The minimum absolute atomic E-state index is 0.210. The number of urea groups is 1. The third-order valence-corrected chi connectivity index (χ3v) is 5.06. The van der Waals surface area contributed by atoms with Gasteiger partial charge in [0.1, 0.15) is 17.1 Å². The lowest BCUT2D eigenvalue weighted by atomic mass is 10.1. The highest BCUT2D eigenvalue weighted by Crippen LogP contribution is 2.27. The van der Waals surface area contributed by atoms with Crippen LogP contribution in [0.3, 0.4) is 0 Å². The Morgan fingerprint density at radius 2 is 1.71 bits per heavy atom.